The lowest BCUT2D eigenvalue weighted by Crippen LogP contribution is -2.35. The number of nitrogens with zero attached hydrogens (tertiary/aromatic N) is 1. The quantitative estimate of drug-likeness (QED) is 0.217. The number of morpholine rings is 1. The van der Waals surface area contributed by atoms with Gasteiger partial charge in [-0.2, -0.15) is 0 Å². The second kappa shape index (κ2) is 11.0. The first-order chi connectivity index (χ1) is 15.0. The molecular formula is C23H24ClFN2O4. The first kappa shape index (κ1) is 22.9. The average molecular weight is 447 g/mol. The van der Waals surface area contributed by atoms with E-state index in [-0.39, 0.29) is 17.7 Å². The first-order valence-electron chi connectivity index (χ1n) is 10.0. The fourth-order valence-electron chi connectivity index (χ4n) is 3.13. The number of hydrogen-bond donors (Lipinski definition) is 1. The van der Waals surface area contributed by atoms with Crippen LogP contribution in [0.2, 0.25) is 5.02 Å². The Morgan fingerprint density at radius 3 is 2.58 bits per heavy atom. The third kappa shape index (κ3) is 6.37. The summed E-state index contributed by atoms with van der Waals surface area (Å²) in [7, 11) is 0. The summed E-state index contributed by atoms with van der Waals surface area (Å²) < 4.78 is 24.9. The maximum Gasteiger partial charge on any atom is 0.343 e. The summed E-state index contributed by atoms with van der Waals surface area (Å²) in [6.45, 7) is 5.09. The number of ether oxygens (including phenoxy) is 2. The molecule has 0 spiro atoms. The number of Topliss-reactive ketones (excluding diaryl/α,β-unsaturated/α-hetero) is 1. The largest absolute Gasteiger partial charge is 0.462 e. The molecule has 1 N–H and O–H groups in total. The van der Waals surface area contributed by atoms with Gasteiger partial charge in [0, 0.05) is 36.5 Å². The molecule has 0 aliphatic carbocycles. The molecule has 164 valence electrons. The molecule has 31 heavy (non-hydrogen) atoms. The summed E-state index contributed by atoms with van der Waals surface area (Å²) in [5, 5.41) is 3.43. The van der Waals surface area contributed by atoms with Crippen LogP contribution in [0.15, 0.2) is 54.2 Å². The van der Waals surface area contributed by atoms with E-state index < -0.39 is 17.6 Å². The van der Waals surface area contributed by atoms with Crippen LogP contribution in [0.1, 0.15) is 22.8 Å². The molecule has 0 unspecified atom stereocenters. The van der Waals surface area contributed by atoms with Crippen molar-refractivity contribution in [3.63, 3.8) is 0 Å². The first-order valence-corrected chi connectivity index (χ1v) is 10.4. The Labute approximate surface area is 185 Å². The van der Waals surface area contributed by atoms with Crippen molar-refractivity contribution in [3.8, 4) is 0 Å². The minimum atomic E-state index is -0.827. The van der Waals surface area contributed by atoms with E-state index in [1.165, 1.54) is 18.3 Å². The van der Waals surface area contributed by atoms with Crippen molar-refractivity contribution in [2.45, 2.75) is 13.5 Å². The van der Waals surface area contributed by atoms with Crippen molar-refractivity contribution < 1.29 is 23.5 Å². The topological polar surface area (TPSA) is 67.9 Å². The van der Waals surface area contributed by atoms with Gasteiger partial charge < -0.3 is 14.8 Å². The van der Waals surface area contributed by atoms with Crippen molar-refractivity contribution in [1.29, 1.82) is 0 Å². The van der Waals surface area contributed by atoms with Crippen LogP contribution < -0.4 is 5.32 Å². The Hall–Kier alpha value is -2.74. The fraction of sp³-hybridized carbons (Fsp3) is 0.304. The lowest BCUT2D eigenvalue weighted by atomic mass is 10.0. The van der Waals surface area contributed by atoms with Crippen LogP contribution in [0, 0.1) is 5.82 Å². The number of carbonyl (C=O) groups is 2. The SMILES string of the molecule is CCOC(=O)/C(=C/Nc1ccc(Cl)cc1)C(=O)c1cc(CN2CCOCC2)ccc1F. The van der Waals surface area contributed by atoms with Gasteiger partial charge in [-0.1, -0.05) is 17.7 Å². The molecule has 6 nitrogen and oxygen atoms in total. The van der Waals surface area contributed by atoms with Crippen molar-refractivity contribution in [3.05, 3.63) is 76.2 Å². The van der Waals surface area contributed by atoms with Gasteiger partial charge in [0.2, 0.25) is 5.78 Å². The lowest BCUT2D eigenvalue weighted by Gasteiger charge is -2.26. The van der Waals surface area contributed by atoms with Crippen molar-refractivity contribution >= 4 is 29.0 Å². The number of anilines is 1. The lowest BCUT2D eigenvalue weighted by molar-refractivity contribution is -0.138. The molecule has 0 aromatic heterocycles. The van der Waals surface area contributed by atoms with Gasteiger partial charge in [0.1, 0.15) is 11.4 Å². The average Bonchev–Trinajstić information content (AvgIpc) is 2.77. The monoisotopic (exact) mass is 446 g/mol. The van der Waals surface area contributed by atoms with E-state index in [9.17, 15) is 14.0 Å². The van der Waals surface area contributed by atoms with E-state index in [0.717, 1.165) is 18.7 Å². The third-order valence-electron chi connectivity index (χ3n) is 4.75. The van der Waals surface area contributed by atoms with Gasteiger partial charge in [-0.05, 0) is 48.9 Å². The van der Waals surface area contributed by atoms with Gasteiger partial charge in [0.05, 0.1) is 25.4 Å². The van der Waals surface area contributed by atoms with Gasteiger partial charge in [0.15, 0.2) is 0 Å². The number of hydrogen-bond acceptors (Lipinski definition) is 6. The van der Waals surface area contributed by atoms with E-state index in [4.69, 9.17) is 21.1 Å². The Balaban J connectivity index is 1.85. The Bertz CT molecular complexity index is 957. The maximum atomic E-state index is 14.5. The van der Waals surface area contributed by atoms with Crippen LogP contribution >= 0.6 is 11.6 Å². The molecule has 1 saturated heterocycles. The predicted octanol–water partition coefficient (Wildman–Crippen LogP) is 4.05. The van der Waals surface area contributed by atoms with Crippen LogP contribution in [-0.4, -0.2) is 49.6 Å². The van der Waals surface area contributed by atoms with Crippen molar-refractivity contribution in [1.82, 2.24) is 4.90 Å². The summed E-state index contributed by atoms with van der Waals surface area (Å²) in [4.78, 5) is 27.7. The van der Waals surface area contributed by atoms with E-state index in [0.29, 0.717) is 30.5 Å². The highest BCUT2D eigenvalue weighted by atomic mass is 35.5. The predicted molar refractivity (Wildman–Crippen MR) is 117 cm³/mol. The standard InChI is InChI=1S/C23H24ClFN2O4/c1-2-31-23(29)20(14-26-18-6-4-17(24)5-7-18)22(28)19-13-16(3-8-21(19)25)15-27-9-11-30-12-10-27/h3-8,13-14,26H,2,9-12,15H2,1H3/b20-14+. The van der Waals surface area contributed by atoms with E-state index in [1.54, 1.807) is 37.3 Å². The summed E-state index contributed by atoms with van der Waals surface area (Å²) in [6, 6.07) is 11.1. The number of esters is 1. The molecule has 1 aliphatic rings. The van der Waals surface area contributed by atoms with E-state index in [2.05, 4.69) is 10.2 Å². The molecule has 1 aliphatic heterocycles. The van der Waals surface area contributed by atoms with Crippen molar-refractivity contribution in [2.24, 2.45) is 0 Å². The minimum absolute atomic E-state index is 0.0873. The van der Waals surface area contributed by atoms with E-state index in [1.807, 2.05) is 0 Å². The Morgan fingerprint density at radius 1 is 1.19 bits per heavy atom. The molecule has 8 heteroatoms. The highest BCUT2D eigenvalue weighted by Gasteiger charge is 2.24. The second-order valence-corrected chi connectivity index (χ2v) is 7.40. The zero-order valence-electron chi connectivity index (χ0n) is 17.2. The molecule has 0 saturated carbocycles. The number of ketones is 1. The number of carbonyl (C=O) groups excluding carboxylic acids is 2. The zero-order chi connectivity index (χ0) is 22.2. The Kier molecular flexibility index (Phi) is 8.17. The van der Waals surface area contributed by atoms with Gasteiger partial charge in [-0.3, -0.25) is 9.69 Å². The van der Waals surface area contributed by atoms with Crippen LogP contribution in [0.4, 0.5) is 10.1 Å². The molecule has 0 radical (unpaired) electrons. The molecule has 0 amide bonds. The maximum absolute atomic E-state index is 14.5. The zero-order valence-corrected chi connectivity index (χ0v) is 18.0. The van der Waals surface area contributed by atoms with Gasteiger partial charge in [-0.15, -0.1) is 0 Å². The number of nitrogens with one attached hydrogen (secondary N) is 1. The molecule has 2 aromatic carbocycles. The highest BCUT2D eigenvalue weighted by Crippen LogP contribution is 2.19. The summed E-state index contributed by atoms with van der Waals surface area (Å²) in [5.74, 6) is -2.27. The number of rotatable bonds is 8. The number of halogens is 2. The smallest absolute Gasteiger partial charge is 0.343 e. The van der Waals surface area contributed by atoms with E-state index >= 15 is 0 Å². The van der Waals surface area contributed by atoms with Gasteiger partial charge in [0.25, 0.3) is 0 Å². The highest BCUT2D eigenvalue weighted by molar-refractivity contribution is 6.30. The molecule has 2 aromatic rings. The van der Waals surface area contributed by atoms with Crippen LogP contribution in [0.3, 0.4) is 0 Å². The third-order valence-corrected chi connectivity index (χ3v) is 5.00. The molecule has 0 atom stereocenters. The fourth-order valence-corrected chi connectivity index (χ4v) is 3.26. The summed E-state index contributed by atoms with van der Waals surface area (Å²) >= 11 is 5.88. The normalized spacial score (nSPS) is 14.9. The van der Waals surface area contributed by atoms with Crippen LogP contribution in [-0.2, 0) is 20.8 Å². The summed E-state index contributed by atoms with van der Waals surface area (Å²) in [6.07, 6.45) is 1.23. The molecular weight excluding hydrogens is 423 g/mol. The molecule has 1 heterocycles. The Morgan fingerprint density at radius 2 is 1.90 bits per heavy atom. The second-order valence-electron chi connectivity index (χ2n) is 6.96. The van der Waals surface area contributed by atoms with Crippen LogP contribution in [0.25, 0.3) is 0 Å². The molecule has 0 bridgehead atoms. The molecule has 3 rings (SSSR count). The van der Waals surface area contributed by atoms with Crippen molar-refractivity contribution in [2.75, 3.05) is 38.2 Å². The minimum Gasteiger partial charge on any atom is -0.462 e. The van der Waals surface area contributed by atoms with Gasteiger partial charge >= 0.3 is 5.97 Å². The molecule has 1 fully saturated rings. The van der Waals surface area contributed by atoms with Gasteiger partial charge in [-0.25, -0.2) is 9.18 Å². The van der Waals surface area contributed by atoms with Crippen LogP contribution in [0.5, 0.6) is 0 Å². The number of benzene rings is 2. The summed E-state index contributed by atoms with van der Waals surface area (Å²) in [5.41, 5.74) is 0.920.